The molecule has 0 aliphatic carbocycles. The van der Waals surface area contributed by atoms with Crippen LogP contribution in [0.15, 0.2) is 18.5 Å². The Morgan fingerprint density at radius 3 is 2.57 bits per heavy atom. The summed E-state index contributed by atoms with van der Waals surface area (Å²) in [6, 6.07) is 1.81. The maximum absolute atomic E-state index is 5.33. The first kappa shape index (κ1) is 4.71. The van der Waals surface area contributed by atoms with E-state index in [-0.39, 0.29) is 0 Å². The summed E-state index contributed by atoms with van der Waals surface area (Å²) in [5, 5.41) is 0. The Morgan fingerprint density at radius 1 is 1.71 bits per heavy atom. The molecule has 0 atom stereocenters. The molecule has 0 saturated heterocycles. The number of nitrogen functional groups attached to an aromatic ring is 1. The van der Waals surface area contributed by atoms with Gasteiger partial charge in [-0.15, -0.1) is 0 Å². The topological polar surface area (TPSA) is 30.9 Å². The van der Waals surface area contributed by atoms with Gasteiger partial charge in [0.2, 0.25) is 0 Å². The predicted molar refractivity (Wildman–Crippen MR) is 33.2 cm³/mol. The van der Waals surface area contributed by atoms with Gasteiger partial charge >= 0.3 is 0 Å². The lowest BCUT2D eigenvalue weighted by atomic mass is 10.6. The number of hydrogen-bond acceptors (Lipinski definition) is 1. The van der Waals surface area contributed by atoms with Crippen molar-refractivity contribution in [1.29, 1.82) is 0 Å². The summed E-state index contributed by atoms with van der Waals surface area (Å²) in [5.41, 5.74) is 6.10. The Bertz CT molecular complexity index is 142. The van der Waals surface area contributed by atoms with E-state index >= 15 is 0 Å². The summed E-state index contributed by atoms with van der Waals surface area (Å²) < 4.78 is 1.72. The largest absolute Gasteiger partial charge is 0.397 e. The third kappa shape index (κ3) is 0.962. The number of aromatic nitrogens is 1. The molecule has 2 N–H and O–H groups in total. The fourth-order valence-corrected chi connectivity index (χ4v) is 0.740. The predicted octanol–water partition coefficient (Wildman–Crippen LogP) is 1.23. The lowest BCUT2D eigenvalue weighted by molar-refractivity contribution is 1.33. The third-order valence-corrected chi connectivity index (χ3v) is 1.12. The second-order valence-corrected chi connectivity index (χ2v) is 2.11. The molecule has 7 heavy (non-hydrogen) atoms. The van der Waals surface area contributed by atoms with Gasteiger partial charge in [-0.3, -0.25) is 3.59 Å². The molecule has 0 spiro atoms. The maximum atomic E-state index is 5.33. The molecule has 1 heterocycles. The molecule has 1 rings (SSSR count). The average molecular weight is 161 g/mol. The van der Waals surface area contributed by atoms with Crippen molar-refractivity contribution in [3.8, 4) is 0 Å². The van der Waals surface area contributed by atoms with E-state index in [4.69, 9.17) is 5.73 Å². The van der Waals surface area contributed by atoms with Crippen LogP contribution in [0.4, 0.5) is 5.69 Å². The Labute approximate surface area is 50.3 Å². The number of hydrogen-bond donors (Lipinski definition) is 1. The molecule has 0 aliphatic heterocycles. The Balaban J connectivity index is 3.04. The van der Waals surface area contributed by atoms with Gasteiger partial charge in [-0.05, 0) is 6.07 Å². The number of nitrogens with two attached hydrogens (primary N) is 1. The molecule has 0 aromatic carbocycles. The first-order valence-corrected chi connectivity index (χ1v) is 2.59. The molecule has 1 aromatic rings. The smallest absolute Gasteiger partial charge is 0.0540 e. The van der Waals surface area contributed by atoms with Crippen LogP contribution in [0.5, 0.6) is 0 Å². The zero-order valence-corrected chi connectivity index (χ0v) is 5.22. The summed E-state index contributed by atoms with van der Waals surface area (Å²) in [6.45, 7) is 0. The average Bonchev–Trinajstić information content (AvgIpc) is 1.87. The molecular formula is C4H5BrN2. The number of rotatable bonds is 0. The Morgan fingerprint density at radius 2 is 2.43 bits per heavy atom. The van der Waals surface area contributed by atoms with Gasteiger partial charge in [0.1, 0.15) is 0 Å². The molecule has 3 heteroatoms. The fraction of sp³-hybridized carbons (Fsp3) is 0. The van der Waals surface area contributed by atoms with Gasteiger partial charge in [-0.2, -0.15) is 0 Å². The van der Waals surface area contributed by atoms with Crippen molar-refractivity contribution < 1.29 is 0 Å². The van der Waals surface area contributed by atoms with Crippen molar-refractivity contribution in [3.05, 3.63) is 18.5 Å². The van der Waals surface area contributed by atoms with Crippen molar-refractivity contribution >= 4 is 21.8 Å². The standard InChI is InChI=1S/C4H5BrN2/c5-7-2-1-4(6)3-7/h1-3H,6H2. The molecular weight excluding hydrogens is 156 g/mol. The highest BCUT2D eigenvalue weighted by molar-refractivity contribution is 9.08. The van der Waals surface area contributed by atoms with Crippen LogP contribution >= 0.6 is 16.1 Å². The first-order valence-electron chi connectivity index (χ1n) is 1.88. The zero-order valence-electron chi connectivity index (χ0n) is 3.63. The molecule has 0 unspecified atom stereocenters. The highest BCUT2D eigenvalue weighted by atomic mass is 79.9. The Kier molecular flexibility index (Phi) is 1.06. The van der Waals surface area contributed by atoms with E-state index in [0.717, 1.165) is 5.69 Å². The van der Waals surface area contributed by atoms with E-state index in [1.165, 1.54) is 0 Å². The quantitative estimate of drug-likeness (QED) is 0.609. The molecule has 0 saturated carbocycles. The van der Waals surface area contributed by atoms with Crippen molar-refractivity contribution in [3.63, 3.8) is 0 Å². The van der Waals surface area contributed by atoms with Crippen LogP contribution in [0.1, 0.15) is 0 Å². The van der Waals surface area contributed by atoms with Crippen molar-refractivity contribution in [1.82, 2.24) is 3.59 Å². The lowest BCUT2D eigenvalue weighted by Crippen LogP contribution is -1.76. The van der Waals surface area contributed by atoms with Gasteiger partial charge in [-0.1, -0.05) is 0 Å². The zero-order chi connectivity index (χ0) is 5.28. The SMILES string of the molecule is Nc1ccn(Br)c1. The molecule has 0 radical (unpaired) electrons. The number of anilines is 1. The van der Waals surface area contributed by atoms with Gasteiger partial charge in [0.05, 0.1) is 21.8 Å². The van der Waals surface area contributed by atoms with Crippen molar-refractivity contribution in [2.75, 3.05) is 5.73 Å². The molecule has 0 fully saturated rings. The van der Waals surface area contributed by atoms with Gasteiger partial charge < -0.3 is 5.73 Å². The summed E-state index contributed by atoms with van der Waals surface area (Å²) >= 11 is 3.17. The van der Waals surface area contributed by atoms with E-state index in [1.54, 1.807) is 9.79 Å². The second kappa shape index (κ2) is 1.58. The van der Waals surface area contributed by atoms with Crippen molar-refractivity contribution in [2.24, 2.45) is 0 Å². The number of halogens is 1. The van der Waals surface area contributed by atoms with Crippen LogP contribution in [0.2, 0.25) is 0 Å². The molecule has 0 amide bonds. The summed E-state index contributed by atoms with van der Waals surface area (Å²) in [7, 11) is 0. The van der Waals surface area contributed by atoms with Crippen LogP contribution < -0.4 is 5.73 Å². The second-order valence-electron chi connectivity index (χ2n) is 1.29. The molecule has 2 nitrogen and oxygen atoms in total. The minimum absolute atomic E-state index is 0.775. The summed E-state index contributed by atoms with van der Waals surface area (Å²) in [4.78, 5) is 0. The van der Waals surface area contributed by atoms with Crippen LogP contribution in [-0.2, 0) is 0 Å². The molecule has 0 aliphatic rings. The normalized spacial score (nSPS) is 9.29. The molecule has 0 bridgehead atoms. The van der Waals surface area contributed by atoms with E-state index in [0.29, 0.717) is 0 Å². The van der Waals surface area contributed by atoms with Crippen LogP contribution in [0.3, 0.4) is 0 Å². The highest BCUT2D eigenvalue weighted by Gasteiger charge is 1.82. The van der Waals surface area contributed by atoms with Crippen LogP contribution in [0.25, 0.3) is 0 Å². The number of nitrogens with zero attached hydrogens (tertiary/aromatic N) is 1. The fourth-order valence-electron chi connectivity index (χ4n) is 0.386. The maximum Gasteiger partial charge on any atom is 0.0540 e. The van der Waals surface area contributed by atoms with Gasteiger partial charge in [0, 0.05) is 12.4 Å². The highest BCUT2D eigenvalue weighted by Crippen LogP contribution is 2.03. The minimum atomic E-state index is 0.775. The molecule has 38 valence electrons. The van der Waals surface area contributed by atoms with Crippen LogP contribution in [-0.4, -0.2) is 3.59 Å². The van der Waals surface area contributed by atoms with Gasteiger partial charge in [0.25, 0.3) is 0 Å². The summed E-state index contributed by atoms with van der Waals surface area (Å²) in [5.74, 6) is 0. The van der Waals surface area contributed by atoms with Crippen molar-refractivity contribution in [2.45, 2.75) is 0 Å². The van der Waals surface area contributed by atoms with Gasteiger partial charge in [-0.25, -0.2) is 0 Å². The summed E-state index contributed by atoms with van der Waals surface area (Å²) in [6.07, 6.45) is 3.61. The monoisotopic (exact) mass is 160 g/mol. The van der Waals surface area contributed by atoms with Gasteiger partial charge in [0.15, 0.2) is 0 Å². The minimum Gasteiger partial charge on any atom is -0.397 e. The van der Waals surface area contributed by atoms with E-state index in [9.17, 15) is 0 Å². The first-order chi connectivity index (χ1) is 3.29. The van der Waals surface area contributed by atoms with E-state index in [2.05, 4.69) is 16.1 Å². The lowest BCUT2D eigenvalue weighted by Gasteiger charge is -1.77. The molecule has 1 aromatic heterocycles. The van der Waals surface area contributed by atoms with E-state index < -0.39 is 0 Å². The van der Waals surface area contributed by atoms with E-state index in [1.807, 2.05) is 12.3 Å². The Hall–Kier alpha value is -0.440. The van der Waals surface area contributed by atoms with Crippen LogP contribution in [0, 0.1) is 0 Å². The third-order valence-electron chi connectivity index (χ3n) is 0.682.